The Morgan fingerprint density at radius 1 is 1.44 bits per heavy atom. The summed E-state index contributed by atoms with van der Waals surface area (Å²) in [5.41, 5.74) is 1.23. The zero-order valence-electron chi connectivity index (χ0n) is 10.2. The SMILES string of the molecule is CCC(C)NCCOc1ccc(C)cc1Br. The first-order valence-electron chi connectivity index (χ1n) is 5.75. The van der Waals surface area contributed by atoms with Gasteiger partial charge in [0, 0.05) is 12.6 Å². The van der Waals surface area contributed by atoms with Crippen molar-refractivity contribution >= 4 is 15.9 Å². The van der Waals surface area contributed by atoms with Crippen molar-refractivity contribution in [2.24, 2.45) is 0 Å². The molecule has 1 rings (SSSR count). The number of nitrogens with one attached hydrogen (secondary N) is 1. The van der Waals surface area contributed by atoms with Gasteiger partial charge in [-0.05, 0) is 53.9 Å². The van der Waals surface area contributed by atoms with Gasteiger partial charge in [-0.2, -0.15) is 0 Å². The van der Waals surface area contributed by atoms with Crippen molar-refractivity contribution in [1.82, 2.24) is 5.32 Å². The van der Waals surface area contributed by atoms with Crippen LogP contribution < -0.4 is 10.1 Å². The molecule has 0 bridgehead atoms. The van der Waals surface area contributed by atoms with E-state index in [0.717, 1.165) is 23.2 Å². The van der Waals surface area contributed by atoms with Crippen LogP contribution in [0.3, 0.4) is 0 Å². The van der Waals surface area contributed by atoms with Gasteiger partial charge in [-0.15, -0.1) is 0 Å². The Hall–Kier alpha value is -0.540. The van der Waals surface area contributed by atoms with E-state index in [-0.39, 0.29) is 0 Å². The second kappa shape index (κ2) is 6.92. The van der Waals surface area contributed by atoms with Gasteiger partial charge in [0.05, 0.1) is 4.47 Å². The monoisotopic (exact) mass is 285 g/mol. The molecule has 0 aliphatic rings. The molecule has 1 atom stereocenters. The summed E-state index contributed by atoms with van der Waals surface area (Å²) in [6.45, 7) is 8.01. The van der Waals surface area contributed by atoms with E-state index in [1.165, 1.54) is 5.56 Å². The highest BCUT2D eigenvalue weighted by atomic mass is 79.9. The van der Waals surface area contributed by atoms with Crippen LogP contribution in [0.5, 0.6) is 5.75 Å². The van der Waals surface area contributed by atoms with Crippen molar-refractivity contribution in [2.45, 2.75) is 33.2 Å². The standard InChI is InChI=1S/C13H20BrNO/c1-4-11(3)15-7-8-16-13-6-5-10(2)9-12(13)14/h5-6,9,11,15H,4,7-8H2,1-3H3. The van der Waals surface area contributed by atoms with Crippen molar-refractivity contribution in [3.63, 3.8) is 0 Å². The highest BCUT2D eigenvalue weighted by molar-refractivity contribution is 9.10. The summed E-state index contributed by atoms with van der Waals surface area (Å²) in [6, 6.07) is 6.69. The van der Waals surface area contributed by atoms with E-state index < -0.39 is 0 Å². The molecule has 90 valence electrons. The quantitative estimate of drug-likeness (QED) is 0.808. The minimum atomic E-state index is 0.560. The zero-order valence-corrected chi connectivity index (χ0v) is 11.8. The Morgan fingerprint density at radius 3 is 2.81 bits per heavy atom. The lowest BCUT2D eigenvalue weighted by Gasteiger charge is -2.12. The topological polar surface area (TPSA) is 21.3 Å². The molecule has 1 aromatic carbocycles. The first kappa shape index (κ1) is 13.5. The average molecular weight is 286 g/mol. The molecule has 2 nitrogen and oxygen atoms in total. The van der Waals surface area contributed by atoms with Crippen LogP contribution in [0.25, 0.3) is 0 Å². The number of ether oxygens (including phenoxy) is 1. The first-order chi connectivity index (χ1) is 7.63. The molecule has 0 aliphatic heterocycles. The van der Waals surface area contributed by atoms with E-state index in [1.54, 1.807) is 0 Å². The summed E-state index contributed by atoms with van der Waals surface area (Å²) in [7, 11) is 0. The third-order valence-electron chi connectivity index (χ3n) is 2.55. The maximum atomic E-state index is 5.68. The van der Waals surface area contributed by atoms with E-state index in [4.69, 9.17) is 4.74 Å². The van der Waals surface area contributed by atoms with Crippen LogP contribution in [0.2, 0.25) is 0 Å². The maximum Gasteiger partial charge on any atom is 0.133 e. The summed E-state index contributed by atoms with van der Waals surface area (Å²) >= 11 is 3.50. The molecular weight excluding hydrogens is 266 g/mol. The van der Waals surface area contributed by atoms with Crippen LogP contribution in [0.15, 0.2) is 22.7 Å². The van der Waals surface area contributed by atoms with Gasteiger partial charge < -0.3 is 10.1 Å². The molecule has 0 saturated carbocycles. The Labute approximate surface area is 107 Å². The lowest BCUT2D eigenvalue weighted by atomic mass is 10.2. The molecular formula is C13H20BrNO. The van der Waals surface area contributed by atoms with Crippen molar-refractivity contribution in [1.29, 1.82) is 0 Å². The summed E-state index contributed by atoms with van der Waals surface area (Å²) in [6.07, 6.45) is 1.15. The van der Waals surface area contributed by atoms with Crippen LogP contribution in [-0.4, -0.2) is 19.2 Å². The van der Waals surface area contributed by atoms with E-state index in [1.807, 2.05) is 6.07 Å². The molecule has 0 aromatic heterocycles. The van der Waals surface area contributed by atoms with Crippen molar-refractivity contribution in [2.75, 3.05) is 13.2 Å². The van der Waals surface area contributed by atoms with Gasteiger partial charge in [0.2, 0.25) is 0 Å². The fraction of sp³-hybridized carbons (Fsp3) is 0.538. The Bertz CT molecular complexity index is 328. The highest BCUT2D eigenvalue weighted by Crippen LogP contribution is 2.25. The van der Waals surface area contributed by atoms with E-state index >= 15 is 0 Å². The van der Waals surface area contributed by atoms with Gasteiger partial charge in [-0.3, -0.25) is 0 Å². The Kier molecular flexibility index (Phi) is 5.85. The van der Waals surface area contributed by atoms with Gasteiger partial charge in [-0.25, -0.2) is 0 Å². The van der Waals surface area contributed by atoms with Gasteiger partial charge in [0.25, 0.3) is 0 Å². The maximum absolute atomic E-state index is 5.68. The summed E-state index contributed by atoms with van der Waals surface area (Å²) < 4.78 is 6.70. The number of rotatable bonds is 6. The molecule has 0 aliphatic carbocycles. The van der Waals surface area contributed by atoms with Crippen molar-refractivity contribution < 1.29 is 4.74 Å². The smallest absolute Gasteiger partial charge is 0.133 e. The van der Waals surface area contributed by atoms with Crippen LogP contribution in [0.1, 0.15) is 25.8 Å². The van der Waals surface area contributed by atoms with Gasteiger partial charge in [0.15, 0.2) is 0 Å². The minimum Gasteiger partial charge on any atom is -0.491 e. The zero-order chi connectivity index (χ0) is 12.0. The summed E-state index contributed by atoms with van der Waals surface area (Å²) in [5.74, 6) is 0.913. The highest BCUT2D eigenvalue weighted by Gasteiger charge is 2.01. The Balaban J connectivity index is 2.32. The second-order valence-corrected chi connectivity index (χ2v) is 4.90. The van der Waals surface area contributed by atoms with Gasteiger partial charge in [0.1, 0.15) is 12.4 Å². The molecule has 0 fully saturated rings. The minimum absolute atomic E-state index is 0.560. The normalized spacial score (nSPS) is 12.5. The summed E-state index contributed by atoms with van der Waals surface area (Å²) in [4.78, 5) is 0. The third kappa shape index (κ3) is 4.54. The van der Waals surface area contributed by atoms with E-state index in [0.29, 0.717) is 12.6 Å². The number of aryl methyl sites for hydroxylation is 1. The molecule has 0 saturated heterocycles. The van der Waals surface area contributed by atoms with Crippen LogP contribution in [-0.2, 0) is 0 Å². The van der Waals surface area contributed by atoms with Crippen molar-refractivity contribution in [3.8, 4) is 5.75 Å². The average Bonchev–Trinajstić information content (AvgIpc) is 2.26. The van der Waals surface area contributed by atoms with Gasteiger partial charge >= 0.3 is 0 Å². The molecule has 3 heteroatoms. The van der Waals surface area contributed by atoms with Crippen LogP contribution in [0, 0.1) is 6.92 Å². The molecule has 16 heavy (non-hydrogen) atoms. The van der Waals surface area contributed by atoms with Gasteiger partial charge in [-0.1, -0.05) is 13.0 Å². The first-order valence-corrected chi connectivity index (χ1v) is 6.55. The molecule has 0 radical (unpaired) electrons. The largest absolute Gasteiger partial charge is 0.491 e. The number of hydrogen-bond donors (Lipinski definition) is 1. The fourth-order valence-electron chi connectivity index (χ4n) is 1.33. The molecule has 1 N–H and O–H groups in total. The second-order valence-electron chi connectivity index (χ2n) is 4.05. The third-order valence-corrected chi connectivity index (χ3v) is 3.17. The van der Waals surface area contributed by atoms with E-state index in [2.05, 4.69) is 54.2 Å². The number of halogens is 1. The van der Waals surface area contributed by atoms with Crippen LogP contribution in [0.4, 0.5) is 0 Å². The predicted octanol–water partition coefficient (Wildman–Crippen LogP) is 3.52. The predicted molar refractivity (Wildman–Crippen MR) is 72.1 cm³/mol. The number of benzene rings is 1. The van der Waals surface area contributed by atoms with Crippen LogP contribution >= 0.6 is 15.9 Å². The molecule has 0 amide bonds. The lowest BCUT2D eigenvalue weighted by Crippen LogP contribution is -2.29. The number of hydrogen-bond acceptors (Lipinski definition) is 2. The Morgan fingerprint density at radius 2 is 2.19 bits per heavy atom. The molecule has 1 unspecified atom stereocenters. The molecule has 0 spiro atoms. The lowest BCUT2D eigenvalue weighted by molar-refractivity contribution is 0.304. The van der Waals surface area contributed by atoms with E-state index in [9.17, 15) is 0 Å². The molecule has 0 heterocycles. The summed E-state index contributed by atoms with van der Waals surface area (Å²) in [5, 5.41) is 3.39. The molecule has 1 aromatic rings. The fourth-order valence-corrected chi connectivity index (χ4v) is 1.94. The van der Waals surface area contributed by atoms with Crippen molar-refractivity contribution in [3.05, 3.63) is 28.2 Å².